The molecule has 0 spiro atoms. The van der Waals surface area contributed by atoms with Gasteiger partial charge in [-0.05, 0) is 25.9 Å². The number of carbonyl (C=O) groups excluding carboxylic acids is 1. The van der Waals surface area contributed by atoms with E-state index in [2.05, 4.69) is 17.1 Å². The molecule has 1 atom stereocenters. The molecule has 3 nitrogen and oxygen atoms in total. The van der Waals surface area contributed by atoms with Gasteiger partial charge in [0.25, 0.3) is 0 Å². The van der Waals surface area contributed by atoms with E-state index in [0.717, 1.165) is 6.54 Å². The quantitative estimate of drug-likeness (QED) is 0.545. The topological polar surface area (TPSA) is 34.4 Å². The monoisotopic (exact) mass is 155 g/mol. The number of amides is 1. The molecule has 0 aromatic rings. The molecule has 1 aliphatic rings. The van der Waals surface area contributed by atoms with Gasteiger partial charge in [-0.1, -0.05) is 6.92 Å². The van der Waals surface area contributed by atoms with Gasteiger partial charge in [0.2, 0.25) is 6.41 Å². The molecule has 1 saturated heterocycles. The van der Waals surface area contributed by atoms with E-state index in [1.807, 2.05) is 0 Å². The van der Waals surface area contributed by atoms with E-state index in [1.54, 1.807) is 0 Å². The molecule has 1 radical (unpaired) electrons. The molecule has 3 heteroatoms. The van der Waals surface area contributed by atoms with Crippen molar-refractivity contribution in [2.24, 2.45) is 0 Å². The van der Waals surface area contributed by atoms with Gasteiger partial charge in [0, 0.05) is 6.04 Å². The van der Waals surface area contributed by atoms with Gasteiger partial charge in [0.15, 0.2) is 0 Å². The van der Waals surface area contributed by atoms with Crippen molar-refractivity contribution in [3.05, 3.63) is 0 Å². The van der Waals surface area contributed by atoms with Crippen molar-refractivity contribution in [3.8, 4) is 0 Å². The van der Waals surface area contributed by atoms with Crippen molar-refractivity contribution < 1.29 is 4.79 Å². The fourth-order valence-electron chi connectivity index (χ4n) is 1.68. The molecule has 63 valence electrons. The number of carbonyl (C=O) groups is 1. The molecule has 1 rings (SSSR count). The number of nitrogens with zero attached hydrogens (tertiary/aromatic N) is 2. The number of hydrogen-bond acceptors (Lipinski definition) is 2. The third kappa shape index (κ3) is 2.19. The van der Waals surface area contributed by atoms with E-state index < -0.39 is 0 Å². The normalized spacial score (nSPS) is 25.4. The first-order valence-corrected chi connectivity index (χ1v) is 4.22. The van der Waals surface area contributed by atoms with Crippen LogP contribution in [0, 0.1) is 0 Å². The number of rotatable bonds is 4. The van der Waals surface area contributed by atoms with E-state index in [1.165, 1.54) is 19.4 Å². The summed E-state index contributed by atoms with van der Waals surface area (Å²) in [4.78, 5) is 12.4. The zero-order chi connectivity index (χ0) is 8.10. The zero-order valence-corrected chi connectivity index (χ0v) is 6.99. The summed E-state index contributed by atoms with van der Waals surface area (Å²) in [6, 6.07) is 0.533. The highest BCUT2D eigenvalue weighted by molar-refractivity contribution is 5.45. The maximum atomic E-state index is 9.97. The van der Waals surface area contributed by atoms with Gasteiger partial charge >= 0.3 is 0 Å². The van der Waals surface area contributed by atoms with Crippen molar-refractivity contribution in [2.75, 3.05) is 19.6 Å². The van der Waals surface area contributed by atoms with E-state index in [9.17, 15) is 4.79 Å². The molecular weight excluding hydrogens is 140 g/mol. The van der Waals surface area contributed by atoms with Gasteiger partial charge < -0.3 is 0 Å². The summed E-state index contributed by atoms with van der Waals surface area (Å²) in [6.07, 6.45) is 3.12. The Morgan fingerprint density at radius 2 is 2.55 bits per heavy atom. The molecular formula is C8H15N2O. The molecule has 0 saturated carbocycles. The maximum absolute atomic E-state index is 9.97. The summed E-state index contributed by atoms with van der Waals surface area (Å²) < 4.78 is 0. The van der Waals surface area contributed by atoms with Crippen molar-refractivity contribution in [1.29, 1.82) is 0 Å². The Kier molecular flexibility index (Phi) is 3.36. The minimum atomic E-state index is 0.533. The van der Waals surface area contributed by atoms with Gasteiger partial charge in [-0.3, -0.25) is 15.0 Å². The summed E-state index contributed by atoms with van der Waals surface area (Å²) in [6.45, 7) is 5.10. The van der Waals surface area contributed by atoms with Gasteiger partial charge in [0.05, 0.1) is 6.54 Å². The van der Waals surface area contributed by atoms with Crippen LogP contribution in [0.5, 0.6) is 0 Å². The SMILES string of the molecule is CCN1CCCC1C[N]C=O. The number of likely N-dealkylation sites (tertiary alicyclic amines) is 1. The third-order valence-corrected chi connectivity index (χ3v) is 2.30. The molecule has 0 aromatic heterocycles. The largest absolute Gasteiger partial charge is 0.299 e. The van der Waals surface area contributed by atoms with Crippen molar-refractivity contribution in [2.45, 2.75) is 25.8 Å². The van der Waals surface area contributed by atoms with Crippen LogP contribution < -0.4 is 5.32 Å². The van der Waals surface area contributed by atoms with Crippen LogP contribution in [0.1, 0.15) is 19.8 Å². The fraction of sp³-hybridized carbons (Fsp3) is 0.875. The molecule has 1 fully saturated rings. The predicted molar refractivity (Wildman–Crippen MR) is 43.3 cm³/mol. The lowest BCUT2D eigenvalue weighted by Crippen LogP contribution is -2.34. The molecule has 0 aliphatic carbocycles. The smallest absolute Gasteiger partial charge is 0.228 e. The van der Waals surface area contributed by atoms with E-state index in [4.69, 9.17) is 0 Å². The first-order chi connectivity index (χ1) is 5.38. The average Bonchev–Trinajstić information content (AvgIpc) is 2.47. The highest BCUT2D eigenvalue weighted by Gasteiger charge is 2.22. The van der Waals surface area contributed by atoms with Crippen LogP contribution in [0.2, 0.25) is 0 Å². The second-order valence-corrected chi connectivity index (χ2v) is 2.90. The third-order valence-electron chi connectivity index (χ3n) is 2.30. The Morgan fingerprint density at radius 3 is 3.18 bits per heavy atom. The Balaban J connectivity index is 2.25. The molecule has 0 bridgehead atoms. The predicted octanol–water partition coefficient (Wildman–Crippen LogP) is 0.232. The van der Waals surface area contributed by atoms with Gasteiger partial charge in [-0.15, -0.1) is 0 Å². The Labute approximate surface area is 67.8 Å². The summed E-state index contributed by atoms with van der Waals surface area (Å²) >= 11 is 0. The highest BCUT2D eigenvalue weighted by Crippen LogP contribution is 2.15. The number of hydrogen-bond donors (Lipinski definition) is 0. The molecule has 11 heavy (non-hydrogen) atoms. The lowest BCUT2D eigenvalue weighted by atomic mass is 10.2. The van der Waals surface area contributed by atoms with Crippen molar-refractivity contribution in [3.63, 3.8) is 0 Å². The minimum Gasteiger partial charge on any atom is -0.299 e. The maximum Gasteiger partial charge on any atom is 0.228 e. The molecule has 1 amide bonds. The van der Waals surface area contributed by atoms with Crippen LogP contribution in [0.4, 0.5) is 0 Å². The Hall–Kier alpha value is -0.570. The lowest BCUT2D eigenvalue weighted by Gasteiger charge is -2.20. The van der Waals surface area contributed by atoms with Crippen LogP contribution in [-0.2, 0) is 4.79 Å². The molecule has 0 aromatic carbocycles. The van der Waals surface area contributed by atoms with Crippen LogP contribution in [0.15, 0.2) is 0 Å². The van der Waals surface area contributed by atoms with Crippen LogP contribution >= 0.6 is 0 Å². The van der Waals surface area contributed by atoms with Gasteiger partial charge in [0.1, 0.15) is 0 Å². The number of likely N-dealkylation sites (N-methyl/N-ethyl adjacent to an activating group) is 1. The second kappa shape index (κ2) is 4.34. The van der Waals surface area contributed by atoms with E-state index in [0.29, 0.717) is 19.0 Å². The summed E-state index contributed by atoms with van der Waals surface area (Å²) in [5, 5.41) is 3.73. The molecule has 1 aliphatic heterocycles. The fourth-order valence-corrected chi connectivity index (χ4v) is 1.68. The Bertz CT molecular complexity index is 127. The van der Waals surface area contributed by atoms with Crippen molar-refractivity contribution in [1.82, 2.24) is 10.2 Å². The van der Waals surface area contributed by atoms with E-state index in [-0.39, 0.29) is 0 Å². The average molecular weight is 155 g/mol. The zero-order valence-electron chi connectivity index (χ0n) is 6.99. The van der Waals surface area contributed by atoms with Crippen LogP contribution in [-0.4, -0.2) is 37.0 Å². The second-order valence-electron chi connectivity index (χ2n) is 2.90. The summed E-state index contributed by atoms with van der Waals surface area (Å²) in [7, 11) is 0. The standard InChI is InChI=1S/C8H15N2O/c1-2-10-5-3-4-8(10)6-9-7-11/h7-8H,2-6H2,1H3. The first-order valence-electron chi connectivity index (χ1n) is 4.22. The first kappa shape index (κ1) is 8.53. The van der Waals surface area contributed by atoms with Gasteiger partial charge in [-0.25, -0.2) is 0 Å². The summed E-state index contributed by atoms with van der Waals surface area (Å²) in [5.74, 6) is 0. The van der Waals surface area contributed by atoms with Crippen LogP contribution in [0.3, 0.4) is 0 Å². The minimum absolute atomic E-state index is 0.533. The van der Waals surface area contributed by atoms with E-state index >= 15 is 0 Å². The lowest BCUT2D eigenvalue weighted by molar-refractivity contribution is -0.110. The van der Waals surface area contributed by atoms with Crippen molar-refractivity contribution >= 4 is 6.41 Å². The molecule has 0 N–H and O–H groups in total. The Morgan fingerprint density at radius 1 is 1.73 bits per heavy atom. The molecule has 1 heterocycles. The van der Waals surface area contributed by atoms with Gasteiger partial charge in [-0.2, -0.15) is 0 Å². The highest BCUT2D eigenvalue weighted by atomic mass is 16.1. The van der Waals surface area contributed by atoms with Crippen LogP contribution in [0.25, 0.3) is 0 Å². The molecule has 1 unspecified atom stereocenters. The summed E-state index contributed by atoms with van der Waals surface area (Å²) in [5.41, 5.74) is 0.